The first-order valence-corrected chi connectivity index (χ1v) is 7.16. The molecule has 1 aromatic rings. The number of hydrogen-bond acceptors (Lipinski definition) is 4. The number of carbonyl (C=O) groups excluding carboxylic acids is 2. The third-order valence-electron chi connectivity index (χ3n) is 3.65. The van der Waals surface area contributed by atoms with E-state index in [0.717, 1.165) is 24.2 Å². The molecule has 0 aromatic heterocycles. The van der Waals surface area contributed by atoms with Gasteiger partial charge in [0.2, 0.25) is 0 Å². The predicted octanol–water partition coefficient (Wildman–Crippen LogP) is 2.95. The maximum Gasteiger partial charge on any atom is 0.419 e. The van der Waals surface area contributed by atoms with Crippen LogP contribution in [-0.4, -0.2) is 17.6 Å². The van der Waals surface area contributed by atoms with Crippen molar-refractivity contribution in [2.75, 3.05) is 0 Å². The SMILES string of the molecule is CC1(C)CCc2cc(C=CC=C3OC(=O)NC3=O)ccc2O1. The number of cyclic esters (lactones) is 1. The van der Waals surface area contributed by atoms with Gasteiger partial charge in [-0.05, 0) is 56.0 Å². The van der Waals surface area contributed by atoms with E-state index < -0.39 is 12.0 Å². The smallest absolute Gasteiger partial charge is 0.419 e. The average molecular weight is 299 g/mol. The van der Waals surface area contributed by atoms with Crippen LogP contribution in [0.25, 0.3) is 6.08 Å². The number of benzene rings is 1. The van der Waals surface area contributed by atoms with Crippen LogP contribution in [0.4, 0.5) is 4.79 Å². The van der Waals surface area contributed by atoms with Crippen LogP contribution in [0.1, 0.15) is 31.4 Å². The second-order valence-electron chi connectivity index (χ2n) is 5.96. The summed E-state index contributed by atoms with van der Waals surface area (Å²) in [6, 6.07) is 5.99. The Morgan fingerprint density at radius 3 is 2.82 bits per heavy atom. The third kappa shape index (κ3) is 3.03. The van der Waals surface area contributed by atoms with Crippen LogP contribution in [0.3, 0.4) is 0 Å². The normalized spacial score (nSPS) is 21.5. The second kappa shape index (κ2) is 5.33. The van der Waals surface area contributed by atoms with Crippen LogP contribution < -0.4 is 10.1 Å². The molecule has 5 heteroatoms. The minimum absolute atomic E-state index is 0.00397. The zero-order valence-corrected chi connectivity index (χ0v) is 12.5. The molecule has 0 bridgehead atoms. The lowest BCUT2D eigenvalue weighted by Crippen LogP contribution is -2.32. The van der Waals surface area contributed by atoms with E-state index in [2.05, 4.69) is 19.9 Å². The summed E-state index contributed by atoms with van der Waals surface area (Å²) in [7, 11) is 0. The van der Waals surface area contributed by atoms with E-state index in [0.29, 0.717) is 0 Å². The van der Waals surface area contributed by atoms with Gasteiger partial charge in [0, 0.05) is 0 Å². The Morgan fingerprint density at radius 1 is 1.27 bits per heavy atom. The first-order chi connectivity index (χ1) is 10.4. The molecule has 5 nitrogen and oxygen atoms in total. The highest BCUT2D eigenvalue weighted by atomic mass is 16.6. The van der Waals surface area contributed by atoms with Gasteiger partial charge in [0.1, 0.15) is 11.4 Å². The highest BCUT2D eigenvalue weighted by molar-refractivity contribution is 6.07. The first-order valence-electron chi connectivity index (χ1n) is 7.16. The van der Waals surface area contributed by atoms with Crippen molar-refractivity contribution in [1.29, 1.82) is 0 Å². The summed E-state index contributed by atoms with van der Waals surface area (Å²) in [6.07, 6.45) is 6.23. The largest absolute Gasteiger partial charge is 0.488 e. The summed E-state index contributed by atoms with van der Waals surface area (Å²) in [4.78, 5) is 22.2. The summed E-state index contributed by atoms with van der Waals surface area (Å²) < 4.78 is 10.7. The van der Waals surface area contributed by atoms with Crippen LogP contribution >= 0.6 is 0 Å². The fourth-order valence-electron chi connectivity index (χ4n) is 2.46. The molecular formula is C17H17NO4. The molecule has 1 N–H and O–H groups in total. The van der Waals surface area contributed by atoms with E-state index in [4.69, 9.17) is 9.47 Å². The number of hydrogen-bond donors (Lipinski definition) is 1. The van der Waals surface area contributed by atoms with Crippen molar-refractivity contribution < 1.29 is 19.1 Å². The zero-order valence-electron chi connectivity index (χ0n) is 12.5. The van der Waals surface area contributed by atoms with Gasteiger partial charge in [-0.3, -0.25) is 10.1 Å². The first kappa shape index (κ1) is 14.4. The molecule has 22 heavy (non-hydrogen) atoms. The number of fused-ring (bicyclic) bond motifs is 1. The number of carbonyl (C=O) groups is 2. The quantitative estimate of drug-likeness (QED) is 0.853. The van der Waals surface area contributed by atoms with Gasteiger partial charge < -0.3 is 9.47 Å². The molecule has 0 aliphatic carbocycles. The van der Waals surface area contributed by atoms with Crippen molar-refractivity contribution in [3.63, 3.8) is 0 Å². The molecule has 1 saturated heterocycles. The lowest BCUT2D eigenvalue weighted by Gasteiger charge is -2.32. The Morgan fingerprint density at radius 2 is 2.09 bits per heavy atom. The standard InChI is InChI=1S/C17H17NO4/c1-17(2)9-8-12-10-11(6-7-13(12)22-17)4-3-5-14-15(19)18-16(20)21-14/h3-7,10H,8-9H2,1-2H3,(H,18,19,20). The Balaban J connectivity index is 1.74. The van der Waals surface area contributed by atoms with Crippen LogP contribution in [0.15, 0.2) is 36.1 Å². The Kier molecular flexibility index (Phi) is 3.48. The summed E-state index contributed by atoms with van der Waals surface area (Å²) >= 11 is 0. The van der Waals surface area contributed by atoms with Gasteiger partial charge in [-0.15, -0.1) is 0 Å². The van der Waals surface area contributed by atoms with Gasteiger partial charge in [-0.25, -0.2) is 4.79 Å². The molecule has 0 unspecified atom stereocenters. The lowest BCUT2D eigenvalue weighted by molar-refractivity contribution is -0.116. The van der Waals surface area contributed by atoms with E-state index in [1.54, 1.807) is 6.08 Å². The Labute approximate surface area is 128 Å². The molecule has 0 saturated carbocycles. The summed E-state index contributed by atoms with van der Waals surface area (Å²) in [5.41, 5.74) is 2.07. The topological polar surface area (TPSA) is 64.6 Å². The van der Waals surface area contributed by atoms with Crippen LogP contribution in [-0.2, 0) is 16.0 Å². The third-order valence-corrected chi connectivity index (χ3v) is 3.65. The zero-order chi connectivity index (χ0) is 15.7. The van der Waals surface area contributed by atoms with E-state index in [1.807, 2.05) is 23.5 Å². The maximum absolute atomic E-state index is 11.3. The molecule has 114 valence electrons. The fraction of sp³-hybridized carbons (Fsp3) is 0.294. The number of imide groups is 1. The number of aryl methyl sites for hydroxylation is 1. The maximum atomic E-state index is 11.3. The summed E-state index contributed by atoms with van der Waals surface area (Å²) in [5.74, 6) is 0.413. The number of rotatable bonds is 2. The molecule has 1 fully saturated rings. The minimum atomic E-state index is -0.738. The van der Waals surface area contributed by atoms with Crippen molar-refractivity contribution in [2.24, 2.45) is 0 Å². The van der Waals surface area contributed by atoms with Crippen LogP contribution in [0.2, 0.25) is 0 Å². The van der Waals surface area contributed by atoms with Crippen LogP contribution in [0.5, 0.6) is 5.75 Å². The molecule has 0 atom stereocenters. The van der Waals surface area contributed by atoms with Crippen molar-refractivity contribution >= 4 is 18.1 Å². The molecule has 0 spiro atoms. The number of ether oxygens (including phenoxy) is 2. The van der Waals surface area contributed by atoms with Gasteiger partial charge in [-0.2, -0.15) is 0 Å². The fourth-order valence-corrected chi connectivity index (χ4v) is 2.46. The highest BCUT2D eigenvalue weighted by Gasteiger charge is 2.26. The van der Waals surface area contributed by atoms with E-state index >= 15 is 0 Å². The van der Waals surface area contributed by atoms with Crippen molar-refractivity contribution in [2.45, 2.75) is 32.3 Å². The number of allylic oxidation sites excluding steroid dienone is 2. The average Bonchev–Trinajstić information content (AvgIpc) is 2.76. The van der Waals surface area contributed by atoms with Gasteiger partial charge in [0.15, 0.2) is 5.76 Å². The minimum Gasteiger partial charge on any atom is -0.488 e. The van der Waals surface area contributed by atoms with Crippen molar-refractivity contribution in [3.05, 3.63) is 47.2 Å². The second-order valence-corrected chi connectivity index (χ2v) is 5.96. The van der Waals surface area contributed by atoms with Crippen LogP contribution in [0, 0.1) is 0 Å². The van der Waals surface area contributed by atoms with E-state index in [1.165, 1.54) is 11.6 Å². The summed E-state index contributed by atoms with van der Waals surface area (Å²) in [6.45, 7) is 4.17. The molecule has 2 heterocycles. The molecule has 2 aliphatic heterocycles. The van der Waals surface area contributed by atoms with Gasteiger partial charge in [-0.1, -0.05) is 18.2 Å². The Hall–Kier alpha value is -2.56. The lowest BCUT2D eigenvalue weighted by atomic mass is 9.93. The monoisotopic (exact) mass is 299 g/mol. The highest BCUT2D eigenvalue weighted by Crippen LogP contribution is 2.33. The van der Waals surface area contributed by atoms with E-state index in [-0.39, 0.29) is 11.4 Å². The van der Waals surface area contributed by atoms with Gasteiger partial charge in [0.25, 0.3) is 5.91 Å². The predicted molar refractivity (Wildman–Crippen MR) is 81.2 cm³/mol. The van der Waals surface area contributed by atoms with Crippen molar-refractivity contribution in [1.82, 2.24) is 5.32 Å². The van der Waals surface area contributed by atoms with Crippen molar-refractivity contribution in [3.8, 4) is 5.75 Å². The molecular weight excluding hydrogens is 282 g/mol. The molecule has 2 amide bonds. The number of amides is 2. The molecule has 2 aliphatic rings. The van der Waals surface area contributed by atoms with Gasteiger partial charge >= 0.3 is 6.09 Å². The van der Waals surface area contributed by atoms with Gasteiger partial charge in [0.05, 0.1) is 0 Å². The Bertz CT molecular complexity index is 701. The van der Waals surface area contributed by atoms with E-state index in [9.17, 15) is 9.59 Å². The molecule has 3 rings (SSSR count). The number of alkyl carbamates (subject to hydrolysis) is 1. The molecule has 1 aromatic carbocycles. The number of nitrogens with one attached hydrogen (secondary N) is 1. The molecule has 0 radical (unpaired) electrons. The summed E-state index contributed by atoms with van der Waals surface area (Å²) in [5, 5.41) is 2.05.